The van der Waals surface area contributed by atoms with Gasteiger partial charge in [0.1, 0.15) is 12.6 Å². The molecule has 1 atom stereocenters. The zero-order valence-electron chi connectivity index (χ0n) is 25.2. The minimum absolute atomic E-state index is 0.0451. The van der Waals surface area contributed by atoms with Crippen molar-refractivity contribution in [2.24, 2.45) is 5.92 Å². The average molecular weight is 632 g/mol. The highest BCUT2D eigenvalue weighted by atomic mass is 35.5. The minimum atomic E-state index is -4.16. The van der Waals surface area contributed by atoms with Crippen LogP contribution in [0.2, 0.25) is 5.02 Å². The summed E-state index contributed by atoms with van der Waals surface area (Å²) in [5, 5.41) is 3.44. The molecule has 0 fully saturated rings. The molecule has 0 unspecified atom stereocenters. The molecule has 0 aliphatic rings. The second-order valence-corrected chi connectivity index (χ2v) is 13.4. The first-order valence-electron chi connectivity index (χ1n) is 14.5. The summed E-state index contributed by atoms with van der Waals surface area (Å²) >= 11 is 6.13. The lowest BCUT2D eigenvalue weighted by atomic mass is 10.0. The third-order valence-electron chi connectivity index (χ3n) is 7.28. The Kier molecular flexibility index (Phi) is 11.2. The van der Waals surface area contributed by atoms with E-state index in [1.54, 1.807) is 42.5 Å². The predicted octanol–water partition coefficient (Wildman–Crippen LogP) is 6.26. The summed E-state index contributed by atoms with van der Waals surface area (Å²) in [6.45, 7) is 5.99. The molecule has 0 aliphatic carbocycles. The molecule has 4 aromatic rings. The molecule has 2 amide bonds. The van der Waals surface area contributed by atoms with Crippen LogP contribution >= 0.6 is 11.6 Å². The number of sulfonamides is 1. The van der Waals surface area contributed by atoms with Crippen LogP contribution in [0.15, 0.2) is 114 Å². The molecular weight excluding hydrogens is 594 g/mol. The number of amides is 2. The Morgan fingerprint density at radius 1 is 0.818 bits per heavy atom. The highest BCUT2D eigenvalue weighted by Gasteiger charge is 2.34. The fraction of sp³-hybridized carbons (Fsp3) is 0.257. The van der Waals surface area contributed by atoms with Crippen LogP contribution in [0.3, 0.4) is 0 Å². The van der Waals surface area contributed by atoms with Gasteiger partial charge in [-0.15, -0.1) is 0 Å². The van der Waals surface area contributed by atoms with E-state index in [9.17, 15) is 18.0 Å². The molecular formula is C35H38ClN3O4S. The molecule has 0 radical (unpaired) electrons. The van der Waals surface area contributed by atoms with Gasteiger partial charge in [0.05, 0.1) is 10.6 Å². The van der Waals surface area contributed by atoms with E-state index in [0.717, 1.165) is 21.0 Å². The molecule has 0 aromatic heterocycles. The molecule has 0 spiro atoms. The third kappa shape index (κ3) is 8.49. The van der Waals surface area contributed by atoms with Gasteiger partial charge in [0.25, 0.3) is 10.0 Å². The summed E-state index contributed by atoms with van der Waals surface area (Å²) in [5.41, 5.74) is 2.98. The van der Waals surface area contributed by atoms with E-state index >= 15 is 0 Å². The van der Waals surface area contributed by atoms with Gasteiger partial charge in [-0.25, -0.2) is 8.42 Å². The minimum Gasteiger partial charge on any atom is -0.354 e. The largest absolute Gasteiger partial charge is 0.354 e. The summed E-state index contributed by atoms with van der Waals surface area (Å²) in [6, 6.07) is 30.5. The quantitative estimate of drug-likeness (QED) is 0.189. The molecule has 44 heavy (non-hydrogen) atoms. The SMILES string of the molecule is Cc1ccccc1CN(C(=O)CN(c1ccc(Cl)cc1)S(=O)(=O)c1ccccc1)[C@H](Cc1ccccc1)C(=O)NCC(C)C. The van der Waals surface area contributed by atoms with Gasteiger partial charge in [-0.2, -0.15) is 0 Å². The lowest BCUT2D eigenvalue weighted by molar-refractivity contribution is -0.140. The Morgan fingerprint density at radius 3 is 2.02 bits per heavy atom. The Balaban J connectivity index is 1.79. The molecule has 0 heterocycles. The standard InChI is InChI=1S/C35H38ClN3O4S/c1-26(2)23-37-35(41)33(22-28-13-6-4-7-14-28)38(24-29-15-11-10-12-27(29)3)34(40)25-39(31-20-18-30(36)19-21-31)44(42,43)32-16-8-5-9-17-32/h4-21,26,33H,22-25H2,1-3H3,(H,37,41)/t33-/m1/s1. The van der Waals surface area contributed by atoms with Crippen molar-refractivity contribution in [2.45, 2.75) is 44.7 Å². The molecule has 0 saturated carbocycles. The van der Waals surface area contributed by atoms with Gasteiger partial charge in [-0.05, 0) is 65.9 Å². The number of anilines is 1. The maximum Gasteiger partial charge on any atom is 0.264 e. The van der Waals surface area contributed by atoms with Crippen molar-refractivity contribution in [3.63, 3.8) is 0 Å². The fourth-order valence-electron chi connectivity index (χ4n) is 4.80. The van der Waals surface area contributed by atoms with Crippen LogP contribution < -0.4 is 9.62 Å². The van der Waals surface area contributed by atoms with Crippen molar-refractivity contribution in [3.05, 3.63) is 131 Å². The number of halogens is 1. The van der Waals surface area contributed by atoms with Crippen LogP contribution in [0, 0.1) is 12.8 Å². The number of nitrogens with one attached hydrogen (secondary N) is 1. The zero-order valence-corrected chi connectivity index (χ0v) is 26.8. The number of hydrogen-bond donors (Lipinski definition) is 1. The summed E-state index contributed by atoms with van der Waals surface area (Å²) in [4.78, 5) is 29.9. The number of aryl methyl sites for hydroxylation is 1. The molecule has 0 saturated heterocycles. The van der Waals surface area contributed by atoms with E-state index in [-0.39, 0.29) is 35.4 Å². The lowest BCUT2D eigenvalue weighted by Crippen LogP contribution is -2.53. The lowest BCUT2D eigenvalue weighted by Gasteiger charge is -2.34. The van der Waals surface area contributed by atoms with Crippen LogP contribution in [0.25, 0.3) is 0 Å². The van der Waals surface area contributed by atoms with E-state index < -0.39 is 28.5 Å². The van der Waals surface area contributed by atoms with Gasteiger partial charge < -0.3 is 10.2 Å². The maximum atomic E-state index is 14.5. The number of nitrogens with zero attached hydrogens (tertiary/aromatic N) is 2. The summed E-state index contributed by atoms with van der Waals surface area (Å²) < 4.78 is 29.1. The molecule has 4 rings (SSSR count). The maximum absolute atomic E-state index is 14.5. The van der Waals surface area contributed by atoms with Gasteiger partial charge in [0.15, 0.2) is 0 Å². The number of carbonyl (C=O) groups excluding carboxylic acids is 2. The second kappa shape index (κ2) is 15.0. The predicted molar refractivity (Wildman–Crippen MR) is 176 cm³/mol. The second-order valence-electron chi connectivity index (χ2n) is 11.1. The monoisotopic (exact) mass is 631 g/mol. The van der Waals surface area contributed by atoms with Crippen LogP contribution in [-0.2, 0) is 32.6 Å². The Bertz CT molecular complexity index is 1650. The van der Waals surface area contributed by atoms with Gasteiger partial charge in [0.2, 0.25) is 11.8 Å². The smallest absolute Gasteiger partial charge is 0.264 e. The van der Waals surface area contributed by atoms with Crippen molar-refractivity contribution in [2.75, 3.05) is 17.4 Å². The highest BCUT2D eigenvalue weighted by molar-refractivity contribution is 7.92. The van der Waals surface area contributed by atoms with Crippen LogP contribution in [0.5, 0.6) is 0 Å². The zero-order chi connectivity index (χ0) is 31.7. The Hall–Kier alpha value is -4.14. The molecule has 1 N–H and O–H groups in total. The van der Waals surface area contributed by atoms with E-state index in [2.05, 4.69) is 5.32 Å². The van der Waals surface area contributed by atoms with Gasteiger partial charge in [-0.3, -0.25) is 13.9 Å². The van der Waals surface area contributed by atoms with Crippen LogP contribution in [0.4, 0.5) is 5.69 Å². The highest BCUT2D eigenvalue weighted by Crippen LogP contribution is 2.26. The first-order chi connectivity index (χ1) is 21.1. The number of benzene rings is 4. The van der Waals surface area contributed by atoms with Crippen molar-refractivity contribution in [3.8, 4) is 0 Å². The molecule has 0 aliphatic heterocycles. The Labute approximate surface area is 265 Å². The number of rotatable bonds is 13. The molecule has 4 aromatic carbocycles. The number of carbonyl (C=O) groups is 2. The van der Waals surface area contributed by atoms with Crippen LogP contribution in [0.1, 0.15) is 30.5 Å². The van der Waals surface area contributed by atoms with Crippen molar-refractivity contribution in [1.82, 2.24) is 10.2 Å². The van der Waals surface area contributed by atoms with Crippen molar-refractivity contribution >= 4 is 39.1 Å². The van der Waals surface area contributed by atoms with Crippen molar-refractivity contribution in [1.29, 1.82) is 0 Å². The molecule has 9 heteroatoms. The Morgan fingerprint density at radius 2 is 1.41 bits per heavy atom. The first kappa shape index (κ1) is 32.8. The van der Waals surface area contributed by atoms with E-state index in [1.807, 2.05) is 75.4 Å². The van der Waals surface area contributed by atoms with Crippen LogP contribution in [-0.4, -0.2) is 44.3 Å². The summed E-state index contributed by atoms with van der Waals surface area (Å²) in [5.74, 6) is -0.606. The normalized spacial score (nSPS) is 12.0. The van der Waals surface area contributed by atoms with Crippen molar-refractivity contribution < 1.29 is 18.0 Å². The molecule has 0 bridgehead atoms. The number of hydrogen-bond acceptors (Lipinski definition) is 4. The summed E-state index contributed by atoms with van der Waals surface area (Å²) in [7, 11) is -4.16. The average Bonchev–Trinajstić information content (AvgIpc) is 3.02. The van der Waals surface area contributed by atoms with Gasteiger partial charge in [0, 0.05) is 24.5 Å². The van der Waals surface area contributed by atoms with E-state index in [0.29, 0.717) is 11.6 Å². The van der Waals surface area contributed by atoms with Gasteiger partial charge >= 0.3 is 0 Å². The first-order valence-corrected chi connectivity index (χ1v) is 16.4. The topological polar surface area (TPSA) is 86.8 Å². The molecule has 7 nitrogen and oxygen atoms in total. The molecule has 230 valence electrons. The summed E-state index contributed by atoms with van der Waals surface area (Å²) in [6.07, 6.45) is 0.259. The van der Waals surface area contributed by atoms with E-state index in [1.165, 1.54) is 17.0 Å². The van der Waals surface area contributed by atoms with E-state index in [4.69, 9.17) is 11.6 Å². The van der Waals surface area contributed by atoms with Gasteiger partial charge in [-0.1, -0.05) is 98.2 Å². The fourth-order valence-corrected chi connectivity index (χ4v) is 6.36. The third-order valence-corrected chi connectivity index (χ3v) is 9.32.